The fourth-order valence-electron chi connectivity index (χ4n) is 1.02. The lowest BCUT2D eigenvalue weighted by Gasteiger charge is -2.16. The van der Waals surface area contributed by atoms with Crippen LogP contribution in [-0.4, -0.2) is 28.8 Å². The van der Waals surface area contributed by atoms with Gasteiger partial charge in [-0.05, 0) is 5.92 Å². The third kappa shape index (κ3) is 2.22. The molecular formula is C7H14N4. The van der Waals surface area contributed by atoms with Crippen LogP contribution in [0, 0.1) is 5.92 Å². The highest BCUT2D eigenvalue weighted by Gasteiger charge is 2.04. The summed E-state index contributed by atoms with van der Waals surface area (Å²) in [6.07, 6.45) is 1.59. The van der Waals surface area contributed by atoms with Crippen LogP contribution in [0.25, 0.3) is 0 Å². The van der Waals surface area contributed by atoms with Crippen LogP contribution >= 0.6 is 0 Å². The molecule has 1 aromatic heterocycles. The molecule has 0 saturated heterocycles. The molecule has 1 N–H and O–H groups in total. The van der Waals surface area contributed by atoms with Crippen LogP contribution in [0.1, 0.15) is 13.8 Å². The maximum absolute atomic E-state index is 3.89. The standard InChI is InChI=1S/C7H14N4/c1-6(2)4-11(3)7-8-5-9-10-7/h5-6H,4H2,1-3H3,(H,8,9,10). The van der Waals surface area contributed by atoms with Crippen LogP contribution in [0.15, 0.2) is 6.33 Å². The predicted molar refractivity (Wildman–Crippen MR) is 44.5 cm³/mol. The molecule has 0 aliphatic rings. The summed E-state index contributed by atoms with van der Waals surface area (Å²) in [7, 11) is 2.00. The molecule has 0 unspecified atom stereocenters. The van der Waals surface area contributed by atoms with Gasteiger partial charge in [0.25, 0.3) is 0 Å². The number of nitrogens with zero attached hydrogens (tertiary/aromatic N) is 3. The van der Waals surface area contributed by atoms with E-state index in [1.165, 1.54) is 0 Å². The van der Waals surface area contributed by atoms with Crippen molar-refractivity contribution in [2.45, 2.75) is 13.8 Å². The van der Waals surface area contributed by atoms with Crippen LogP contribution in [0.5, 0.6) is 0 Å². The van der Waals surface area contributed by atoms with E-state index in [9.17, 15) is 0 Å². The first kappa shape index (κ1) is 8.04. The molecule has 0 spiro atoms. The Bertz CT molecular complexity index is 192. The Hall–Kier alpha value is -1.06. The van der Waals surface area contributed by atoms with Crippen molar-refractivity contribution in [3.63, 3.8) is 0 Å². The normalized spacial score (nSPS) is 10.5. The molecule has 1 heterocycles. The minimum absolute atomic E-state index is 0.644. The van der Waals surface area contributed by atoms with E-state index in [0.717, 1.165) is 12.5 Å². The van der Waals surface area contributed by atoms with Gasteiger partial charge < -0.3 is 9.88 Å². The van der Waals surface area contributed by atoms with Crippen molar-refractivity contribution in [3.05, 3.63) is 6.33 Å². The van der Waals surface area contributed by atoms with Crippen molar-refractivity contribution < 1.29 is 0 Å². The van der Waals surface area contributed by atoms with Crippen molar-refractivity contribution in [2.24, 2.45) is 5.92 Å². The van der Waals surface area contributed by atoms with Crippen molar-refractivity contribution in [3.8, 4) is 0 Å². The average molecular weight is 154 g/mol. The van der Waals surface area contributed by atoms with Crippen molar-refractivity contribution in [1.29, 1.82) is 0 Å². The molecule has 4 nitrogen and oxygen atoms in total. The largest absolute Gasteiger partial charge is 0.344 e. The van der Waals surface area contributed by atoms with E-state index >= 15 is 0 Å². The van der Waals surface area contributed by atoms with Gasteiger partial charge in [-0.3, -0.25) is 0 Å². The molecular weight excluding hydrogens is 140 g/mol. The summed E-state index contributed by atoms with van der Waals surface area (Å²) in [6, 6.07) is 0. The van der Waals surface area contributed by atoms with Gasteiger partial charge in [0.2, 0.25) is 5.95 Å². The lowest BCUT2D eigenvalue weighted by Crippen LogP contribution is -2.23. The Labute approximate surface area is 66.6 Å². The van der Waals surface area contributed by atoms with Gasteiger partial charge in [-0.15, -0.1) is 10.2 Å². The molecule has 0 aliphatic heterocycles. The van der Waals surface area contributed by atoms with Gasteiger partial charge >= 0.3 is 0 Å². The van der Waals surface area contributed by atoms with Gasteiger partial charge in [-0.2, -0.15) is 0 Å². The first-order valence-electron chi connectivity index (χ1n) is 3.77. The van der Waals surface area contributed by atoms with Crippen LogP contribution in [0.4, 0.5) is 5.95 Å². The van der Waals surface area contributed by atoms with Crippen LogP contribution < -0.4 is 4.90 Å². The SMILES string of the molecule is CC(C)CN(C)c1nnc[nH]1. The predicted octanol–water partition coefficient (Wildman–Crippen LogP) is 0.897. The van der Waals surface area contributed by atoms with Crippen LogP contribution in [0.3, 0.4) is 0 Å². The Morgan fingerprint density at radius 1 is 1.64 bits per heavy atom. The van der Waals surface area contributed by atoms with Gasteiger partial charge in [0.1, 0.15) is 6.33 Å². The van der Waals surface area contributed by atoms with E-state index < -0.39 is 0 Å². The first-order valence-corrected chi connectivity index (χ1v) is 3.77. The van der Waals surface area contributed by atoms with Gasteiger partial charge in [0, 0.05) is 13.6 Å². The second-order valence-electron chi connectivity index (χ2n) is 3.09. The Morgan fingerprint density at radius 3 is 2.82 bits per heavy atom. The number of hydrogen-bond acceptors (Lipinski definition) is 3. The lowest BCUT2D eigenvalue weighted by molar-refractivity contribution is 0.630. The Kier molecular flexibility index (Phi) is 2.46. The summed E-state index contributed by atoms with van der Waals surface area (Å²) < 4.78 is 0. The minimum atomic E-state index is 0.644. The molecule has 1 rings (SSSR count). The molecule has 0 aliphatic carbocycles. The molecule has 1 aromatic rings. The topological polar surface area (TPSA) is 44.8 Å². The van der Waals surface area contributed by atoms with Crippen molar-refractivity contribution >= 4 is 5.95 Å². The fourth-order valence-corrected chi connectivity index (χ4v) is 1.02. The molecule has 0 amide bonds. The Morgan fingerprint density at radius 2 is 2.36 bits per heavy atom. The summed E-state index contributed by atoms with van der Waals surface area (Å²) in [4.78, 5) is 5.00. The first-order chi connectivity index (χ1) is 5.20. The molecule has 0 fully saturated rings. The third-order valence-corrected chi connectivity index (χ3v) is 1.40. The Balaban J connectivity index is 2.49. The highest BCUT2D eigenvalue weighted by atomic mass is 15.3. The van der Waals surface area contributed by atoms with E-state index in [1.807, 2.05) is 7.05 Å². The van der Waals surface area contributed by atoms with Gasteiger partial charge in [0.05, 0.1) is 0 Å². The van der Waals surface area contributed by atoms with Crippen molar-refractivity contribution in [1.82, 2.24) is 15.2 Å². The van der Waals surface area contributed by atoms with Gasteiger partial charge in [0.15, 0.2) is 0 Å². The quantitative estimate of drug-likeness (QED) is 0.703. The average Bonchev–Trinajstić information content (AvgIpc) is 2.35. The molecule has 0 aromatic carbocycles. The second kappa shape index (κ2) is 3.37. The summed E-state index contributed by atoms with van der Waals surface area (Å²) in [6.45, 7) is 5.34. The van der Waals surface area contributed by atoms with E-state index in [1.54, 1.807) is 6.33 Å². The molecule has 0 saturated carbocycles. The summed E-state index contributed by atoms with van der Waals surface area (Å²) in [5, 5.41) is 7.59. The number of rotatable bonds is 3. The third-order valence-electron chi connectivity index (χ3n) is 1.40. The number of aromatic nitrogens is 3. The van der Waals surface area contributed by atoms with Crippen LogP contribution in [-0.2, 0) is 0 Å². The summed E-state index contributed by atoms with van der Waals surface area (Å²) in [5.74, 6) is 1.48. The highest BCUT2D eigenvalue weighted by molar-refractivity contribution is 5.24. The van der Waals surface area contributed by atoms with E-state index in [4.69, 9.17) is 0 Å². The molecule has 0 bridgehead atoms. The summed E-state index contributed by atoms with van der Waals surface area (Å²) >= 11 is 0. The fraction of sp³-hybridized carbons (Fsp3) is 0.714. The monoisotopic (exact) mass is 154 g/mol. The maximum atomic E-state index is 3.89. The van der Waals surface area contributed by atoms with Crippen molar-refractivity contribution in [2.75, 3.05) is 18.5 Å². The van der Waals surface area contributed by atoms with Gasteiger partial charge in [-0.1, -0.05) is 13.8 Å². The molecule has 62 valence electrons. The highest BCUT2D eigenvalue weighted by Crippen LogP contribution is 2.04. The number of nitrogens with one attached hydrogen (secondary N) is 1. The lowest BCUT2D eigenvalue weighted by atomic mass is 10.2. The minimum Gasteiger partial charge on any atom is -0.344 e. The second-order valence-corrected chi connectivity index (χ2v) is 3.09. The van der Waals surface area contributed by atoms with E-state index in [-0.39, 0.29) is 0 Å². The van der Waals surface area contributed by atoms with Crippen LogP contribution in [0.2, 0.25) is 0 Å². The van der Waals surface area contributed by atoms with E-state index in [2.05, 4.69) is 33.9 Å². The molecule has 0 atom stereocenters. The summed E-state index contributed by atoms with van der Waals surface area (Å²) in [5.41, 5.74) is 0. The number of aromatic amines is 1. The van der Waals surface area contributed by atoms with E-state index in [0.29, 0.717) is 5.92 Å². The number of anilines is 1. The smallest absolute Gasteiger partial charge is 0.224 e. The zero-order valence-electron chi connectivity index (χ0n) is 7.20. The number of H-pyrrole nitrogens is 1. The number of hydrogen-bond donors (Lipinski definition) is 1. The molecule has 11 heavy (non-hydrogen) atoms. The zero-order chi connectivity index (χ0) is 8.27. The maximum Gasteiger partial charge on any atom is 0.224 e. The van der Waals surface area contributed by atoms with Gasteiger partial charge in [-0.25, -0.2) is 0 Å². The molecule has 0 radical (unpaired) electrons. The molecule has 4 heteroatoms. The zero-order valence-corrected chi connectivity index (χ0v) is 7.20.